The van der Waals surface area contributed by atoms with Crippen molar-refractivity contribution in [3.63, 3.8) is 0 Å². The van der Waals surface area contributed by atoms with E-state index in [0.29, 0.717) is 30.7 Å². The molecule has 2 rings (SSSR count). The lowest BCUT2D eigenvalue weighted by Gasteiger charge is -2.30. The van der Waals surface area contributed by atoms with Crippen molar-refractivity contribution >= 4 is 11.8 Å². The number of hydrogen-bond donors (Lipinski definition) is 1. The molecule has 0 spiro atoms. The van der Waals surface area contributed by atoms with Crippen LogP contribution in [-0.2, 0) is 9.59 Å². The summed E-state index contributed by atoms with van der Waals surface area (Å²) < 4.78 is 0. The molecule has 26 heavy (non-hydrogen) atoms. The molecule has 0 aromatic carbocycles. The van der Waals surface area contributed by atoms with Gasteiger partial charge in [-0.05, 0) is 58.0 Å². The number of nitrogens with zero attached hydrogens (tertiary/aromatic N) is 3. The van der Waals surface area contributed by atoms with Gasteiger partial charge in [-0.15, -0.1) is 0 Å². The summed E-state index contributed by atoms with van der Waals surface area (Å²) in [6.07, 6.45) is 4.08. The highest BCUT2D eigenvalue weighted by Crippen LogP contribution is 2.23. The minimum Gasteiger partial charge on any atom is -0.342 e. The summed E-state index contributed by atoms with van der Waals surface area (Å²) in [6.45, 7) is 13.7. The first kappa shape index (κ1) is 21.2. The summed E-state index contributed by atoms with van der Waals surface area (Å²) in [7, 11) is 0. The number of amides is 2. The van der Waals surface area contributed by atoms with Crippen LogP contribution < -0.4 is 5.32 Å². The van der Waals surface area contributed by atoms with Crippen molar-refractivity contribution in [2.75, 3.05) is 58.9 Å². The third-order valence-electron chi connectivity index (χ3n) is 6.05. The van der Waals surface area contributed by atoms with Crippen LogP contribution in [-0.4, -0.2) is 85.4 Å². The molecule has 0 saturated carbocycles. The first-order valence-corrected chi connectivity index (χ1v) is 10.5. The Labute approximate surface area is 159 Å². The first-order valence-electron chi connectivity index (χ1n) is 10.5. The largest absolute Gasteiger partial charge is 0.342 e. The zero-order valence-corrected chi connectivity index (χ0v) is 17.0. The lowest BCUT2D eigenvalue weighted by atomic mass is 9.85. The third-order valence-corrected chi connectivity index (χ3v) is 6.05. The maximum atomic E-state index is 12.7. The van der Waals surface area contributed by atoms with Crippen molar-refractivity contribution in [2.24, 2.45) is 11.8 Å². The van der Waals surface area contributed by atoms with Crippen molar-refractivity contribution in [1.82, 2.24) is 20.0 Å². The number of piperidine rings is 1. The van der Waals surface area contributed by atoms with E-state index in [1.807, 2.05) is 23.6 Å². The summed E-state index contributed by atoms with van der Waals surface area (Å²) in [4.78, 5) is 31.2. The van der Waals surface area contributed by atoms with Crippen LogP contribution in [0.5, 0.6) is 0 Å². The Bertz CT molecular complexity index is 447. The highest BCUT2D eigenvalue weighted by molar-refractivity contribution is 5.78. The SMILES string of the molecule is CCN(CC)C(=O)CN1CCCN(C(=O)CC(C)C2CCCNC2)CC1. The van der Waals surface area contributed by atoms with Crippen molar-refractivity contribution in [3.8, 4) is 0 Å². The van der Waals surface area contributed by atoms with E-state index in [2.05, 4.69) is 17.1 Å². The number of carbonyl (C=O) groups excluding carboxylic acids is 2. The van der Waals surface area contributed by atoms with E-state index >= 15 is 0 Å². The van der Waals surface area contributed by atoms with E-state index < -0.39 is 0 Å². The standard InChI is InChI=1S/C20H38N4O2/c1-4-23(5-2)20(26)16-22-10-7-11-24(13-12-22)19(25)14-17(3)18-8-6-9-21-15-18/h17-18,21H,4-16H2,1-3H3. The van der Waals surface area contributed by atoms with Crippen LogP contribution in [0.2, 0.25) is 0 Å². The molecular formula is C20H38N4O2. The molecule has 0 aliphatic carbocycles. The molecule has 6 heteroatoms. The lowest BCUT2D eigenvalue weighted by molar-refractivity contribution is -0.132. The lowest BCUT2D eigenvalue weighted by Crippen LogP contribution is -2.42. The summed E-state index contributed by atoms with van der Waals surface area (Å²) in [5.74, 6) is 1.56. The minimum absolute atomic E-state index is 0.202. The Morgan fingerprint density at radius 3 is 2.54 bits per heavy atom. The maximum absolute atomic E-state index is 12.7. The van der Waals surface area contributed by atoms with E-state index in [-0.39, 0.29) is 5.91 Å². The van der Waals surface area contributed by atoms with Crippen LogP contribution in [0.15, 0.2) is 0 Å². The second kappa shape index (κ2) is 10.9. The predicted molar refractivity (Wildman–Crippen MR) is 105 cm³/mol. The summed E-state index contributed by atoms with van der Waals surface area (Å²) >= 11 is 0. The van der Waals surface area contributed by atoms with Gasteiger partial charge in [0.05, 0.1) is 6.54 Å². The van der Waals surface area contributed by atoms with Gasteiger partial charge in [0, 0.05) is 45.7 Å². The first-order chi connectivity index (χ1) is 12.5. The molecule has 2 saturated heterocycles. The van der Waals surface area contributed by atoms with Gasteiger partial charge in [0.25, 0.3) is 0 Å². The van der Waals surface area contributed by atoms with Gasteiger partial charge in [-0.1, -0.05) is 6.92 Å². The van der Waals surface area contributed by atoms with Crippen molar-refractivity contribution in [3.05, 3.63) is 0 Å². The number of rotatable bonds is 7. The normalized spacial score (nSPS) is 23.3. The van der Waals surface area contributed by atoms with E-state index in [1.165, 1.54) is 12.8 Å². The molecule has 2 heterocycles. The fourth-order valence-corrected chi connectivity index (χ4v) is 4.18. The van der Waals surface area contributed by atoms with Crippen LogP contribution in [0.4, 0.5) is 0 Å². The fraction of sp³-hybridized carbons (Fsp3) is 0.900. The zero-order valence-electron chi connectivity index (χ0n) is 17.0. The van der Waals surface area contributed by atoms with Gasteiger partial charge >= 0.3 is 0 Å². The Balaban J connectivity index is 1.77. The van der Waals surface area contributed by atoms with Gasteiger partial charge in [-0.25, -0.2) is 0 Å². The number of nitrogens with one attached hydrogen (secondary N) is 1. The molecule has 0 bridgehead atoms. The van der Waals surface area contributed by atoms with Gasteiger partial charge in [0.2, 0.25) is 11.8 Å². The van der Waals surface area contributed by atoms with Crippen molar-refractivity contribution in [2.45, 2.75) is 46.5 Å². The van der Waals surface area contributed by atoms with Crippen LogP contribution in [0.25, 0.3) is 0 Å². The molecule has 2 atom stereocenters. The fourth-order valence-electron chi connectivity index (χ4n) is 4.18. The molecule has 2 aliphatic rings. The van der Waals surface area contributed by atoms with Gasteiger partial charge in [0.1, 0.15) is 0 Å². The Kier molecular flexibility index (Phi) is 8.85. The molecular weight excluding hydrogens is 328 g/mol. The van der Waals surface area contributed by atoms with E-state index in [0.717, 1.165) is 58.8 Å². The molecule has 6 nitrogen and oxygen atoms in total. The Morgan fingerprint density at radius 2 is 1.88 bits per heavy atom. The zero-order chi connectivity index (χ0) is 18.9. The van der Waals surface area contributed by atoms with Gasteiger partial charge in [-0.2, -0.15) is 0 Å². The summed E-state index contributed by atoms with van der Waals surface area (Å²) in [5.41, 5.74) is 0. The third kappa shape index (κ3) is 6.23. The molecule has 0 aromatic rings. The quantitative estimate of drug-likeness (QED) is 0.740. The van der Waals surface area contributed by atoms with E-state index in [4.69, 9.17) is 0 Å². The molecule has 2 aliphatic heterocycles. The smallest absolute Gasteiger partial charge is 0.236 e. The van der Waals surface area contributed by atoms with Gasteiger partial charge in [-0.3, -0.25) is 14.5 Å². The Hall–Kier alpha value is -1.14. The minimum atomic E-state index is 0.202. The summed E-state index contributed by atoms with van der Waals surface area (Å²) in [6, 6.07) is 0. The molecule has 0 radical (unpaired) electrons. The molecule has 2 unspecified atom stereocenters. The predicted octanol–water partition coefficient (Wildman–Crippen LogP) is 1.41. The van der Waals surface area contributed by atoms with Crippen molar-refractivity contribution in [1.29, 1.82) is 0 Å². The van der Waals surface area contributed by atoms with Gasteiger partial charge in [0.15, 0.2) is 0 Å². The molecule has 2 amide bonds. The average molecular weight is 367 g/mol. The monoisotopic (exact) mass is 366 g/mol. The van der Waals surface area contributed by atoms with E-state index in [1.54, 1.807) is 0 Å². The van der Waals surface area contributed by atoms with Crippen LogP contribution in [0, 0.1) is 11.8 Å². The highest BCUT2D eigenvalue weighted by atomic mass is 16.2. The topological polar surface area (TPSA) is 55.9 Å². The van der Waals surface area contributed by atoms with Crippen molar-refractivity contribution < 1.29 is 9.59 Å². The highest BCUT2D eigenvalue weighted by Gasteiger charge is 2.26. The Morgan fingerprint density at radius 1 is 1.12 bits per heavy atom. The molecule has 2 fully saturated rings. The molecule has 1 N–H and O–H groups in total. The van der Waals surface area contributed by atoms with Crippen LogP contribution >= 0.6 is 0 Å². The second-order valence-corrected chi connectivity index (χ2v) is 7.86. The maximum Gasteiger partial charge on any atom is 0.236 e. The second-order valence-electron chi connectivity index (χ2n) is 7.86. The number of likely N-dealkylation sites (N-methyl/N-ethyl adjacent to an activating group) is 1. The number of carbonyl (C=O) groups is 2. The average Bonchev–Trinajstić information content (AvgIpc) is 2.89. The number of hydrogen-bond acceptors (Lipinski definition) is 4. The van der Waals surface area contributed by atoms with Crippen LogP contribution in [0.3, 0.4) is 0 Å². The summed E-state index contributed by atoms with van der Waals surface area (Å²) in [5, 5.41) is 3.45. The molecule has 0 aromatic heterocycles. The van der Waals surface area contributed by atoms with Gasteiger partial charge < -0.3 is 15.1 Å². The molecule has 150 valence electrons. The van der Waals surface area contributed by atoms with Crippen LogP contribution in [0.1, 0.15) is 46.5 Å². The van der Waals surface area contributed by atoms with E-state index in [9.17, 15) is 9.59 Å².